The van der Waals surface area contributed by atoms with Crippen molar-refractivity contribution in [1.29, 1.82) is 0 Å². The van der Waals surface area contributed by atoms with Crippen LogP contribution in [0.5, 0.6) is 0 Å². The van der Waals surface area contributed by atoms with Gasteiger partial charge >= 0.3 is 0 Å². The van der Waals surface area contributed by atoms with Crippen LogP contribution < -0.4 is 15.5 Å². The van der Waals surface area contributed by atoms with Gasteiger partial charge in [-0.1, -0.05) is 29.3 Å². The molecule has 150 valence electrons. The second kappa shape index (κ2) is 9.92. The van der Waals surface area contributed by atoms with E-state index in [4.69, 9.17) is 23.2 Å². The Morgan fingerprint density at radius 3 is 2.15 bits per heavy atom. The molecule has 0 heterocycles. The van der Waals surface area contributed by atoms with Crippen LogP contribution in [0.25, 0.3) is 0 Å². The lowest BCUT2D eigenvalue weighted by Gasteiger charge is -2.23. The van der Waals surface area contributed by atoms with E-state index in [1.54, 1.807) is 25.2 Å². The molecule has 9 heteroatoms. The Kier molecular flexibility index (Phi) is 8.53. The zero-order valence-corrected chi connectivity index (χ0v) is 17.8. The summed E-state index contributed by atoms with van der Waals surface area (Å²) in [5, 5.41) is 6.09. The lowest BCUT2D eigenvalue weighted by Crippen LogP contribution is -3.11. The van der Waals surface area contributed by atoms with Crippen molar-refractivity contribution < 1.29 is 19.3 Å². The average Bonchev–Trinajstić information content (AvgIpc) is 2.48. The van der Waals surface area contributed by atoms with Crippen LogP contribution in [-0.2, 0) is 14.4 Å². The van der Waals surface area contributed by atoms with E-state index in [1.807, 2.05) is 20.8 Å². The number of halogens is 2. The molecule has 1 aromatic carbocycles. The molecular formula is C18H27Cl2N4O3+. The number of likely N-dealkylation sites (N-methyl/N-ethyl adjacent to an activating group) is 2. The van der Waals surface area contributed by atoms with Gasteiger partial charge in [0, 0.05) is 12.6 Å². The molecule has 3 amide bonds. The van der Waals surface area contributed by atoms with Crippen molar-refractivity contribution >= 4 is 46.6 Å². The molecule has 0 aromatic heterocycles. The zero-order chi connectivity index (χ0) is 20.8. The number of para-hydroxylation sites is 1. The molecule has 0 aliphatic carbocycles. The smallest absolute Gasteiger partial charge is 0.277 e. The summed E-state index contributed by atoms with van der Waals surface area (Å²) in [6.07, 6.45) is 0. The average molecular weight is 418 g/mol. The van der Waals surface area contributed by atoms with Crippen LogP contribution in [0.4, 0.5) is 5.69 Å². The van der Waals surface area contributed by atoms with E-state index in [-0.39, 0.29) is 37.0 Å². The first kappa shape index (κ1) is 23.2. The third kappa shape index (κ3) is 8.60. The Hall–Kier alpha value is -1.83. The van der Waals surface area contributed by atoms with Gasteiger partial charge in [-0.25, -0.2) is 0 Å². The van der Waals surface area contributed by atoms with Crippen LogP contribution >= 0.6 is 23.2 Å². The number of quaternary nitrogens is 1. The fourth-order valence-corrected chi connectivity index (χ4v) is 2.78. The molecule has 0 aliphatic rings. The van der Waals surface area contributed by atoms with Crippen molar-refractivity contribution in [3.63, 3.8) is 0 Å². The molecule has 27 heavy (non-hydrogen) atoms. The Labute approximate surface area is 170 Å². The molecule has 0 fully saturated rings. The molecule has 0 saturated carbocycles. The maximum absolute atomic E-state index is 12.3. The van der Waals surface area contributed by atoms with Gasteiger partial charge in [-0.05, 0) is 32.9 Å². The standard InChI is InChI=1S/C18H26Cl2N4O3/c1-18(2,3)22-15(26)9-23(4)11-16(27)24(5)10-14(25)21-17-12(19)7-6-8-13(17)20/h6-8H,9-11H2,1-5H3,(H,21,25)(H,22,26)/p+1. The molecule has 0 saturated heterocycles. The lowest BCUT2D eigenvalue weighted by molar-refractivity contribution is -0.863. The van der Waals surface area contributed by atoms with E-state index in [2.05, 4.69) is 10.6 Å². The summed E-state index contributed by atoms with van der Waals surface area (Å²) < 4.78 is 0. The van der Waals surface area contributed by atoms with Gasteiger partial charge in [-0.15, -0.1) is 0 Å². The predicted octanol–water partition coefficient (Wildman–Crippen LogP) is 0.820. The van der Waals surface area contributed by atoms with Gasteiger partial charge in [-0.3, -0.25) is 14.4 Å². The first-order valence-corrected chi connectivity index (χ1v) is 9.25. The quantitative estimate of drug-likeness (QED) is 0.613. The predicted molar refractivity (Wildman–Crippen MR) is 107 cm³/mol. The maximum atomic E-state index is 12.3. The van der Waals surface area contributed by atoms with Crippen LogP contribution in [0.3, 0.4) is 0 Å². The molecule has 7 nitrogen and oxygen atoms in total. The molecule has 1 rings (SSSR count). The highest BCUT2D eigenvalue weighted by Crippen LogP contribution is 2.29. The first-order valence-electron chi connectivity index (χ1n) is 8.49. The summed E-state index contributed by atoms with van der Waals surface area (Å²) in [6.45, 7) is 5.78. The zero-order valence-electron chi connectivity index (χ0n) is 16.3. The summed E-state index contributed by atoms with van der Waals surface area (Å²) >= 11 is 12.0. The van der Waals surface area contributed by atoms with Crippen molar-refractivity contribution in [2.45, 2.75) is 26.3 Å². The van der Waals surface area contributed by atoms with Gasteiger partial charge in [-0.2, -0.15) is 0 Å². The summed E-state index contributed by atoms with van der Waals surface area (Å²) in [5.41, 5.74) is -0.00996. The van der Waals surface area contributed by atoms with Crippen LogP contribution in [0.2, 0.25) is 10.0 Å². The van der Waals surface area contributed by atoms with Gasteiger partial charge in [0.05, 0.1) is 29.3 Å². The normalized spacial score (nSPS) is 12.3. The topological polar surface area (TPSA) is 83.0 Å². The third-order valence-corrected chi connectivity index (χ3v) is 4.09. The van der Waals surface area contributed by atoms with Gasteiger partial charge in [0.15, 0.2) is 13.1 Å². The van der Waals surface area contributed by atoms with E-state index in [9.17, 15) is 14.4 Å². The molecule has 1 atom stereocenters. The van der Waals surface area contributed by atoms with E-state index in [1.165, 1.54) is 11.9 Å². The number of benzene rings is 1. The minimum Gasteiger partial charge on any atom is -0.347 e. The first-order chi connectivity index (χ1) is 12.4. The van der Waals surface area contributed by atoms with Gasteiger partial charge < -0.3 is 20.4 Å². The Bertz CT molecular complexity index is 684. The molecule has 3 N–H and O–H groups in total. The minimum absolute atomic E-state index is 0.0915. The van der Waals surface area contributed by atoms with Crippen LogP contribution in [0.1, 0.15) is 20.8 Å². The highest BCUT2D eigenvalue weighted by Gasteiger charge is 2.21. The monoisotopic (exact) mass is 417 g/mol. The van der Waals surface area contributed by atoms with Crippen molar-refractivity contribution in [2.75, 3.05) is 39.0 Å². The number of carbonyl (C=O) groups is 3. The summed E-state index contributed by atoms with van der Waals surface area (Å²) in [6, 6.07) is 4.89. The number of hydrogen-bond acceptors (Lipinski definition) is 3. The molecule has 0 spiro atoms. The van der Waals surface area contributed by atoms with Crippen LogP contribution in [-0.4, -0.2) is 61.9 Å². The highest BCUT2D eigenvalue weighted by molar-refractivity contribution is 6.39. The third-order valence-electron chi connectivity index (χ3n) is 3.46. The Morgan fingerprint density at radius 2 is 1.63 bits per heavy atom. The van der Waals surface area contributed by atoms with Crippen molar-refractivity contribution in [2.24, 2.45) is 0 Å². The molecule has 0 radical (unpaired) electrons. The fourth-order valence-electron chi connectivity index (χ4n) is 2.29. The number of nitrogens with zero attached hydrogens (tertiary/aromatic N) is 1. The number of carbonyl (C=O) groups excluding carboxylic acids is 3. The lowest BCUT2D eigenvalue weighted by atomic mass is 10.1. The molecule has 1 unspecified atom stereocenters. The number of anilines is 1. The van der Waals surface area contributed by atoms with Crippen molar-refractivity contribution in [3.8, 4) is 0 Å². The Morgan fingerprint density at radius 1 is 1.07 bits per heavy atom. The van der Waals surface area contributed by atoms with E-state index in [0.29, 0.717) is 15.7 Å². The fraction of sp³-hybridized carbons (Fsp3) is 0.500. The summed E-state index contributed by atoms with van der Waals surface area (Å²) in [5.74, 6) is -0.804. The summed E-state index contributed by atoms with van der Waals surface area (Å²) in [4.78, 5) is 38.4. The second-order valence-corrected chi connectivity index (χ2v) is 8.32. The number of amides is 3. The molecule has 0 bridgehead atoms. The van der Waals surface area contributed by atoms with Gasteiger partial charge in [0.1, 0.15) is 0 Å². The Balaban J connectivity index is 2.51. The highest BCUT2D eigenvalue weighted by atomic mass is 35.5. The maximum Gasteiger partial charge on any atom is 0.277 e. The molecular weight excluding hydrogens is 391 g/mol. The van der Waals surface area contributed by atoms with E-state index >= 15 is 0 Å². The van der Waals surface area contributed by atoms with Crippen molar-refractivity contribution in [3.05, 3.63) is 28.2 Å². The number of nitrogens with one attached hydrogen (secondary N) is 3. The minimum atomic E-state index is -0.413. The second-order valence-electron chi connectivity index (χ2n) is 7.50. The SMILES string of the molecule is CN(CC(=O)Nc1c(Cl)cccc1Cl)C(=O)C[NH+](C)CC(=O)NC(C)(C)C. The van der Waals surface area contributed by atoms with E-state index in [0.717, 1.165) is 4.90 Å². The largest absolute Gasteiger partial charge is 0.347 e. The van der Waals surface area contributed by atoms with E-state index < -0.39 is 5.91 Å². The molecule has 0 aliphatic heterocycles. The van der Waals surface area contributed by atoms with Crippen LogP contribution in [0, 0.1) is 0 Å². The summed E-state index contributed by atoms with van der Waals surface area (Å²) in [7, 11) is 3.27. The van der Waals surface area contributed by atoms with Crippen LogP contribution in [0.15, 0.2) is 18.2 Å². The van der Waals surface area contributed by atoms with Gasteiger partial charge in [0.25, 0.3) is 11.8 Å². The number of rotatable bonds is 7. The number of hydrogen-bond donors (Lipinski definition) is 3. The van der Waals surface area contributed by atoms with Gasteiger partial charge in [0.2, 0.25) is 5.91 Å². The molecule has 1 aromatic rings. The van der Waals surface area contributed by atoms with Crippen molar-refractivity contribution in [1.82, 2.24) is 10.2 Å².